The predicted octanol–water partition coefficient (Wildman–Crippen LogP) is 3.54. The lowest BCUT2D eigenvalue weighted by atomic mass is 9.83. The zero-order chi connectivity index (χ0) is 17.5. The number of hydrogen-bond donors (Lipinski definition) is 1. The van der Waals surface area contributed by atoms with E-state index in [0.717, 1.165) is 31.4 Å². The minimum atomic E-state index is -4.21. The Morgan fingerprint density at radius 3 is 1.96 bits per heavy atom. The van der Waals surface area contributed by atoms with Crippen LogP contribution in [-0.2, 0) is 21.5 Å². The van der Waals surface area contributed by atoms with Crippen molar-refractivity contribution in [2.24, 2.45) is 4.36 Å². The van der Waals surface area contributed by atoms with Crippen LogP contribution in [0.1, 0.15) is 37.7 Å². The highest BCUT2D eigenvalue weighted by Gasteiger charge is 2.40. The van der Waals surface area contributed by atoms with E-state index >= 15 is 0 Å². The van der Waals surface area contributed by atoms with E-state index in [0.29, 0.717) is 12.8 Å². The molecule has 1 aromatic carbocycles. The van der Waals surface area contributed by atoms with Crippen molar-refractivity contribution in [3.8, 4) is 0 Å². The maximum Gasteiger partial charge on any atom is 0.416 e. The van der Waals surface area contributed by atoms with Gasteiger partial charge in [0.2, 0.25) is 0 Å². The lowest BCUT2D eigenvalue weighted by molar-refractivity contribution is -0.144. The summed E-state index contributed by atoms with van der Waals surface area (Å²) in [4.78, 5) is 10.8. The molecule has 1 fully saturated rings. The van der Waals surface area contributed by atoms with Crippen LogP contribution in [0.25, 0.3) is 0 Å². The van der Waals surface area contributed by atoms with E-state index in [-0.39, 0.29) is 0 Å². The van der Waals surface area contributed by atoms with Crippen LogP contribution in [0.3, 0.4) is 0 Å². The van der Waals surface area contributed by atoms with Crippen LogP contribution in [0.5, 0.6) is 0 Å². The summed E-state index contributed by atoms with van der Waals surface area (Å²) in [7, 11) is -2.63. The largest absolute Gasteiger partial charge is 0.479 e. The van der Waals surface area contributed by atoms with Gasteiger partial charge in [-0.3, -0.25) is 0 Å². The minimum Gasteiger partial charge on any atom is -0.479 e. The zero-order valence-electron chi connectivity index (χ0n) is 12.1. The third-order valence-electron chi connectivity index (χ3n) is 3.43. The van der Waals surface area contributed by atoms with Crippen molar-refractivity contribution in [1.82, 2.24) is 0 Å². The second-order valence-electron chi connectivity index (χ2n) is 5.07. The third kappa shape index (κ3) is 6.01. The average molecular weight is 351 g/mol. The van der Waals surface area contributed by atoms with Gasteiger partial charge in [0, 0.05) is 0 Å². The van der Waals surface area contributed by atoms with Gasteiger partial charge in [0.15, 0.2) is 5.54 Å². The van der Waals surface area contributed by atoms with Gasteiger partial charge in [0.05, 0.1) is 5.56 Å². The van der Waals surface area contributed by atoms with Crippen molar-refractivity contribution >= 4 is 16.5 Å². The van der Waals surface area contributed by atoms with Crippen LogP contribution in [0.4, 0.5) is 13.2 Å². The molecule has 0 heterocycles. The van der Waals surface area contributed by atoms with E-state index in [1.165, 1.54) is 12.1 Å². The Morgan fingerprint density at radius 2 is 1.61 bits per heavy atom. The Bertz CT molecular complexity index is 642. The van der Waals surface area contributed by atoms with Gasteiger partial charge in [-0.2, -0.15) is 26.0 Å². The monoisotopic (exact) mass is 351 g/mol. The fraction of sp³-hybridized carbons (Fsp3) is 0.500. The first kappa shape index (κ1) is 19.1. The van der Waals surface area contributed by atoms with E-state index in [2.05, 4.69) is 4.36 Å². The number of carboxylic acids is 1. The predicted molar refractivity (Wildman–Crippen MR) is 76.2 cm³/mol. The van der Waals surface area contributed by atoms with E-state index in [1.807, 2.05) is 0 Å². The summed E-state index contributed by atoms with van der Waals surface area (Å²) in [6, 6.07) is 6.36. The molecule has 0 unspecified atom stereocenters. The molecule has 23 heavy (non-hydrogen) atoms. The lowest BCUT2D eigenvalue weighted by Crippen LogP contribution is -2.38. The van der Waals surface area contributed by atoms with Crippen LogP contribution in [0.15, 0.2) is 34.7 Å². The quantitative estimate of drug-likeness (QED) is 0.883. The number of halogens is 3. The lowest BCUT2D eigenvalue weighted by Gasteiger charge is -2.26. The van der Waals surface area contributed by atoms with Crippen LogP contribution in [0.2, 0.25) is 0 Å². The molecular weight excluding hydrogens is 335 g/mol. The molecule has 1 aliphatic rings. The van der Waals surface area contributed by atoms with Crippen molar-refractivity contribution in [3.63, 3.8) is 0 Å². The molecule has 0 saturated heterocycles. The molecule has 0 radical (unpaired) electrons. The van der Waals surface area contributed by atoms with Crippen molar-refractivity contribution < 1.29 is 31.5 Å². The average Bonchev–Trinajstić information content (AvgIpc) is 2.48. The molecule has 1 aliphatic carbocycles. The first-order valence-electron chi connectivity index (χ1n) is 6.85. The van der Waals surface area contributed by atoms with E-state index in [1.54, 1.807) is 6.07 Å². The number of benzene rings is 1. The third-order valence-corrected chi connectivity index (χ3v) is 3.93. The summed E-state index contributed by atoms with van der Waals surface area (Å²) >= 11 is 0. The van der Waals surface area contributed by atoms with Crippen LogP contribution in [-0.4, -0.2) is 25.0 Å². The Kier molecular flexibility index (Phi) is 6.74. The molecule has 0 bridgehead atoms. The molecule has 0 atom stereocenters. The summed E-state index contributed by atoms with van der Waals surface area (Å²) in [5.41, 5.74) is -1.97. The maximum absolute atomic E-state index is 11.8. The van der Waals surface area contributed by atoms with Crippen molar-refractivity contribution in [3.05, 3.63) is 35.9 Å². The number of hydrogen-bond acceptors (Lipinski definition) is 4. The fourth-order valence-electron chi connectivity index (χ4n) is 2.25. The fourth-order valence-corrected chi connectivity index (χ4v) is 2.80. The first-order valence-corrected chi connectivity index (χ1v) is 7.88. The topological polar surface area (TPSA) is 83.8 Å². The molecule has 2 rings (SSSR count). The number of aliphatic carboxylic acids is 1. The van der Waals surface area contributed by atoms with Gasteiger partial charge in [-0.25, -0.2) is 4.79 Å². The van der Waals surface area contributed by atoms with E-state index < -0.39 is 33.7 Å². The smallest absolute Gasteiger partial charge is 0.416 e. The van der Waals surface area contributed by atoms with Gasteiger partial charge in [-0.1, -0.05) is 49.6 Å². The number of nitrogens with zero attached hydrogens (tertiary/aromatic N) is 1. The highest BCUT2D eigenvalue weighted by atomic mass is 32.2. The SMILES string of the molecule is FC(F)(F)c1ccccc1.O=C(O)C1(N=S(=O)=O)CCCCC1. The molecule has 0 aliphatic heterocycles. The van der Waals surface area contributed by atoms with Crippen molar-refractivity contribution in [2.45, 2.75) is 43.8 Å². The molecule has 1 N–H and O–H groups in total. The molecule has 1 aromatic rings. The van der Waals surface area contributed by atoms with Gasteiger partial charge in [-0.05, 0) is 12.8 Å². The Labute approximate surface area is 132 Å². The minimum absolute atomic E-state index is 0.330. The molecule has 128 valence electrons. The van der Waals surface area contributed by atoms with Gasteiger partial charge < -0.3 is 5.11 Å². The van der Waals surface area contributed by atoms with Crippen LogP contribution < -0.4 is 0 Å². The Hall–Kier alpha value is -1.90. The van der Waals surface area contributed by atoms with Gasteiger partial charge in [0.1, 0.15) is 0 Å². The highest BCUT2D eigenvalue weighted by Crippen LogP contribution is 2.32. The number of alkyl halides is 3. The molecule has 1 saturated carbocycles. The summed E-state index contributed by atoms with van der Waals surface area (Å²) < 4.78 is 59.3. The van der Waals surface area contributed by atoms with E-state index in [9.17, 15) is 26.4 Å². The number of carboxylic acid groups (broad SMARTS) is 1. The summed E-state index contributed by atoms with van der Waals surface area (Å²) in [6.45, 7) is 0. The second kappa shape index (κ2) is 8.09. The van der Waals surface area contributed by atoms with Crippen molar-refractivity contribution in [2.75, 3.05) is 0 Å². The van der Waals surface area contributed by atoms with Gasteiger partial charge in [0.25, 0.3) is 0 Å². The molecular formula is C14H16F3NO4S. The maximum atomic E-state index is 11.8. The van der Waals surface area contributed by atoms with Crippen LogP contribution >= 0.6 is 0 Å². The van der Waals surface area contributed by atoms with Crippen LogP contribution in [0, 0.1) is 0 Å². The Morgan fingerprint density at radius 1 is 1.09 bits per heavy atom. The summed E-state index contributed by atoms with van der Waals surface area (Å²) in [5, 5.41) is 8.87. The van der Waals surface area contributed by atoms with Gasteiger partial charge in [-0.15, -0.1) is 0 Å². The van der Waals surface area contributed by atoms with E-state index in [4.69, 9.17) is 5.11 Å². The number of rotatable bonds is 2. The number of carbonyl (C=O) groups is 1. The summed E-state index contributed by atoms with van der Waals surface area (Å²) in [5.74, 6) is -1.13. The standard InChI is InChI=1S/C7H5F3.C7H11NO4S/c8-7(9,10)6-4-2-1-3-5-6;9-6(10)7(8-13(11)12)4-2-1-3-5-7/h1-5H;1-5H2,(H,9,10). The second-order valence-corrected chi connectivity index (χ2v) is 5.69. The molecule has 0 aromatic heterocycles. The highest BCUT2D eigenvalue weighted by molar-refractivity contribution is 7.61. The summed E-state index contributed by atoms with van der Waals surface area (Å²) in [6.07, 6.45) is -1.13. The van der Waals surface area contributed by atoms with Gasteiger partial charge >= 0.3 is 22.6 Å². The molecule has 5 nitrogen and oxygen atoms in total. The normalized spacial score (nSPS) is 16.7. The molecule has 0 amide bonds. The Balaban J connectivity index is 0.000000238. The molecule has 9 heteroatoms. The van der Waals surface area contributed by atoms with Crippen molar-refractivity contribution in [1.29, 1.82) is 0 Å². The molecule has 0 spiro atoms. The first-order chi connectivity index (χ1) is 10.7. The zero-order valence-corrected chi connectivity index (χ0v) is 12.9.